The number of amides is 2. The van der Waals surface area contributed by atoms with Crippen LogP contribution in [0.15, 0.2) is 55.1 Å². The summed E-state index contributed by atoms with van der Waals surface area (Å²) in [7, 11) is 0. The number of aromatic amines is 1. The van der Waals surface area contributed by atoms with E-state index in [1.165, 1.54) is 0 Å². The van der Waals surface area contributed by atoms with E-state index < -0.39 is 11.7 Å². The number of rotatable bonds is 13. The summed E-state index contributed by atoms with van der Waals surface area (Å²) in [5, 5.41) is 14.3. The van der Waals surface area contributed by atoms with Crippen LogP contribution in [-0.2, 0) is 14.2 Å². The van der Waals surface area contributed by atoms with Crippen molar-refractivity contribution in [3.05, 3.63) is 66.4 Å². The van der Waals surface area contributed by atoms with Gasteiger partial charge in [0.05, 0.1) is 37.6 Å². The number of nitrogens with one attached hydrogen (secondary N) is 3. The second-order valence-electron chi connectivity index (χ2n) is 11.1. The molecule has 226 valence electrons. The van der Waals surface area contributed by atoms with Gasteiger partial charge in [0.1, 0.15) is 11.3 Å². The highest BCUT2D eigenvalue weighted by molar-refractivity contribution is 6.01. The fourth-order valence-corrected chi connectivity index (χ4v) is 4.54. The average molecular weight is 579 g/mol. The van der Waals surface area contributed by atoms with Gasteiger partial charge in [-0.25, -0.2) is 4.79 Å². The Morgan fingerprint density at radius 2 is 1.69 bits per heavy atom. The van der Waals surface area contributed by atoms with Gasteiger partial charge >= 0.3 is 6.09 Å². The Bertz CT molecular complexity index is 1330. The summed E-state index contributed by atoms with van der Waals surface area (Å²) in [5.74, 6) is 0.0138. The molecule has 0 aliphatic carbocycles. The number of carbonyl (C=O) groups is 2. The number of ether oxygens (including phenoxy) is 3. The maximum atomic E-state index is 13.3. The SMILES string of the molecule is C=C(Nc1ccccc1)c1n[nH]c2ccc(C(=O)N3CCN(CCOCCOCCNC(=O)OC(C)(C)C)CC3)cc12. The van der Waals surface area contributed by atoms with E-state index in [4.69, 9.17) is 14.2 Å². The van der Waals surface area contributed by atoms with Gasteiger partial charge in [-0.2, -0.15) is 5.10 Å². The van der Waals surface area contributed by atoms with E-state index in [1.807, 2.05) is 74.2 Å². The van der Waals surface area contributed by atoms with Gasteiger partial charge in [0.25, 0.3) is 5.91 Å². The molecule has 0 atom stereocenters. The van der Waals surface area contributed by atoms with Gasteiger partial charge in [-0.1, -0.05) is 24.8 Å². The second kappa shape index (κ2) is 14.8. The molecule has 0 saturated carbocycles. The number of benzene rings is 2. The molecule has 1 aliphatic heterocycles. The topological polar surface area (TPSA) is 121 Å². The van der Waals surface area contributed by atoms with E-state index >= 15 is 0 Å². The molecule has 0 bridgehead atoms. The first-order chi connectivity index (χ1) is 20.2. The molecule has 1 aliphatic rings. The van der Waals surface area contributed by atoms with Crippen molar-refractivity contribution >= 4 is 34.3 Å². The lowest BCUT2D eigenvalue weighted by atomic mass is 10.1. The zero-order chi connectivity index (χ0) is 30.0. The fourth-order valence-electron chi connectivity index (χ4n) is 4.54. The highest BCUT2D eigenvalue weighted by Crippen LogP contribution is 2.25. The molecule has 4 rings (SSSR count). The van der Waals surface area contributed by atoms with Crippen LogP contribution in [0.4, 0.5) is 10.5 Å². The van der Waals surface area contributed by atoms with Crippen molar-refractivity contribution in [3.8, 4) is 0 Å². The number of aromatic nitrogens is 2. The maximum Gasteiger partial charge on any atom is 0.407 e. The van der Waals surface area contributed by atoms with E-state index in [9.17, 15) is 9.59 Å². The maximum absolute atomic E-state index is 13.3. The summed E-state index contributed by atoms with van der Waals surface area (Å²) in [4.78, 5) is 29.1. The third-order valence-electron chi connectivity index (χ3n) is 6.66. The third-order valence-corrected chi connectivity index (χ3v) is 6.66. The summed E-state index contributed by atoms with van der Waals surface area (Å²) in [6.45, 7) is 15.6. The van der Waals surface area contributed by atoms with Crippen LogP contribution >= 0.6 is 0 Å². The van der Waals surface area contributed by atoms with Crippen LogP contribution in [0.25, 0.3) is 16.6 Å². The summed E-state index contributed by atoms with van der Waals surface area (Å²) in [6, 6.07) is 15.4. The second-order valence-corrected chi connectivity index (χ2v) is 11.1. The zero-order valence-corrected chi connectivity index (χ0v) is 24.8. The van der Waals surface area contributed by atoms with Crippen LogP contribution in [0.5, 0.6) is 0 Å². The molecule has 1 aromatic heterocycles. The number of para-hydroxylation sites is 1. The number of piperazine rings is 1. The normalized spacial score (nSPS) is 14.1. The molecule has 3 N–H and O–H groups in total. The van der Waals surface area contributed by atoms with E-state index in [-0.39, 0.29) is 5.91 Å². The average Bonchev–Trinajstić information content (AvgIpc) is 3.39. The van der Waals surface area contributed by atoms with Crippen LogP contribution in [0.2, 0.25) is 0 Å². The molecule has 1 fully saturated rings. The van der Waals surface area contributed by atoms with Gasteiger partial charge < -0.3 is 29.7 Å². The highest BCUT2D eigenvalue weighted by atomic mass is 16.6. The number of hydrogen-bond donors (Lipinski definition) is 3. The van der Waals surface area contributed by atoms with E-state index in [2.05, 4.69) is 32.3 Å². The molecule has 0 unspecified atom stereocenters. The molecule has 2 heterocycles. The monoisotopic (exact) mass is 578 g/mol. The first-order valence-corrected chi connectivity index (χ1v) is 14.3. The number of hydrogen-bond acceptors (Lipinski definition) is 8. The van der Waals surface area contributed by atoms with Gasteiger partial charge in [-0.05, 0) is 51.1 Å². The minimum Gasteiger partial charge on any atom is -0.444 e. The van der Waals surface area contributed by atoms with Gasteiger partial charge in [-0.3, -0.25) is 14.8 Å². The Balaban J connectivity index is 1.14. The Morgan fingerprint density at radius 1 is 0.976 bits per heavy atom. The summed E-state index contributed by atoms with van der Waals surface area (Å²) < 4.78 is 16.4. The van der Waals surface area contributed by atoms with Crippen molar-refractivity contribution in [2.45, 2.75) is 26.4 Å². The van der Waals surface area contributed by atoms with Crippen LogP contribution in [0, 0.1) is 0 Å². The van der Waals surface area contributed by atoms with Crippen LogP contribution < -0.4 is 10.6 Å². The van der Waals surface area contributed by atoms with Crippen molar-refractivity contribution < 1.29 is 23.8 Å². The molecule has 3 aromatic rings. The molecular weight excluding hydrogens is 536 g/mol. The van der Waals surface area contributed by atoms with Gasteiger partial charge in [0.15, 0.2) is 0 Å². The molecule has 0 spiro atoms. The molecule has 42 heavy (non-hydrogen) atoms. The third kappa shape index (κ3) is 9.30. The Kier molecular flexibility index (Phi) is 10.9. The van der Waals surface area contributed by atoms with Crippen molar-refractivity contribution in [1.29, 1.82) is 0 Å². The lowest BCUT2D eigenvalue weighted by Gasteiger charge is -2.34. The predicted octanol–water partition coefficient (Wildman–Crippen LogP) is 3.96. The minimum absolute atomic E-state index is 0.0138. The van der Waals surface area contributed by atoms with Crippen LogP contribution in [-0.4, -0.2) is 103 Å². The highest BCUT2D eigenvalue weighted by Gasteiger charge is 2.23. The van der Waals surface area contributed by atoms with Gasteiger partial charge in [0.2, 0.25) is 0 Å². The number of anilines is 1. The lowest BCUT2D eigenvalue weighted by Crippen LogP contribution is -2.49. The molecule has 11 heteroatoms. The van der Waals surface area contributed by atoms with Gasteiger partial charge in [-0.15, -0.1) is 0 Å². The molecule has 1 saturated heterocycles. The summed E-state index contributed by atoms with van der Waals surface area (Å²) in [5.41, 5.74) is 3.25. The molecular formula is C31H42N6O5. The zero-order valence-electron chi connectivity index (χ0n) is 24.8. The Hall–Kier alpha value is -3.93. The van der Waals surface area contributed by atoms with Crippen LogP contribution in [0.3, 0.4) is 0 Å². The van der Waals surface area contributed by atoms with E-state index in [0.29, 0.717) is 63.0 Å². The van der Waals surface area contributed by atoms with Crippen molar-refractivity contribution in [2.75, 3.05) is 71.0 Å². The van der Waals surface area contributed by atoms with Crippen molar-refractivity contribution in [1.82, 2.24) is 25.3 Å². The summed E-state index contributed by atoms with van der Waals surface area (Å²) in [6.07, 6.45) is -0.448. The quantitative estimate of drug-likeness (QED) is 0.261. The Morgan fingerprint density at radius 3 is 2.40 bits per heavy atom. The summed E-state index contributed by atoms with van der Waals surface area (Å²) >= 11 is 0. The molecule has 11 nitrogen and oxygen atoms in total. The van der Waals surface area contributed by atoms with Crippen LogP contribution in [0.1, 0.15) is 36.8 Å². The smallest absolute Gasteiger partial charge is 0.407 e. The van der Waals surface area contributed by atoms with E-state index in [1.54, 1.807) is 0 Å². The molecule has 2 aromatic carbocycles. The standard InChI is InChI=1S/C31H42N6O5/c1-23(33-25-8-6-5-7-9-25)28-26-22-24(10-11-27(26)34-35-28)29(38)37-15-13-36(14-16-37)17-19-41-21-20-40-18-12-32-30(39)42-31(2,3)4/h5-11,22,33H,1,12-21H2,2-4H3,(H,32,39)(H,34,35). The van der Waals surface area contributed by atoms with Crippen molar-refractivity contribution in [2.24, 2.45) is 0 Å². The first kappa shape index (κ1) is 31.0. The molecule has 2 amide bonds. The Labute approximate surface area is 247 Å². The number of fused-ring (bicyclic) bond motifs is 1. The van der Waals surface area contributed by atoms with E-state index in [0.717, 1.165) is 36.2 Å². The number of alkyl carbamates (subject to hydrolysis) is 1. The fraction of sp³-hybridized carbons (Fsp3) is 0.452. The van der Waals surface area contributed by atoms with Crippen molar-refractivity contribution in [3.63, 3.8) is 0 Å². The molecule has 0 radical (unpaired) electrons. The number of nitrogens with zero attached hydrogens (tertiary/aromatic N) is 3. The first-order valence-electron chi connectivity index (χ1n) is 14.3. The number of H-pyrrole nitrogens is 1. The largest absolute Gasteiger partial charge is 0.444 e. The minimum atomic E-state index is -0.516. The lowest BCUT2D eigenvalue weighted by molar-refractivity contribution is 0.0289. The van der Waals surface area contributed by atoms with Gasteiger partial charge in [0, 0.05) is 55.9 Å². The number of carbonyl (C=O) groups excluding carboxylic acids is 2. The predicted molar refractivity (Wildman–Crippen MR) is 163 cm³/mol.